The summed E-state index contributed by atoms with van der Waals surface area (Å²) in [6, 6.07) is 14.1. The minimum Gasteiger partial charge on any atom is -0.496 e. The van der Waals surface area contributed by atoms with Gasteiger partial charge < -0.3 is 10.1 Å². The van der Waals surface area contributed by atoms with Gasteiger partial charge in [0.05, 0.1) is 13.2 Å². The molecule has 2 rings (SSSR count). The number of hydrogen-bond donors (Lipinski definition) is 1. The number of methoxy groups -OCH3 is 1. The summed E-state index contributed by atoms with van der Waals surface area (Å²) in [7, 11) is 1.65. The first-order chi connectivity index (χ1) is 11.0. The highest BCUT2D eigenvalue weighted by Crippen LogP contribution is 2.24. The molecule has 0 aliphatic heterocycles. The maximum Gasteiger partial charge on any atom is 0.220 e. The Labute approximate surface area is 138 Å². The molecule has 1 N–H and O–H groups in total. The highest BCUT2D eigenvalue weighted by molar-refractivity contribution is 5.76. The summed E-state index contributed by atoms with van der Waals surface area (Å²) in [4.78, 5) is 12.2. The van der Waals surface area contributed by atoms with Crippen LogP contribution in [0.5, 0.6) is 5.75 Å². The molecule has 0 saturated heterocycles. The van der Waals surface area contributed by atoms with Crippen LogP contribution in [0.4, 0.5) is 0 Å². The van der Waals surface area contributed by atoms with E-state index in [-0.39, 0.29) is 11.9 Å². The zero-order valence-corrected chi connectivity index (χ0v) is 14.3. The van der Waals surface area contributed by atoms with E-state index in [4.69, 9.17) is 4.74 Å². The molecular formula is C20H25NO2. The number of amides is 1. The van der Waals surface area contributed by atoms with Gasteiger partial charge in [-0.05, 0) is 49.9 Å². The third-order valence-corrected chi connectivity index (χ3v) is 4.19. The zero-order chi connectivity index (χ0) is 16.8. The Kier molecular flexibility index (Phi) is 5.80. The zero-order valence-electron chi connectivity index (χ0n) is 14.3. The van der Waals surface area contributed by atoms with E-state index in [0.29, 0.717) is 6.42 Å². The van der Waals surface area contributed by atoms with Gasteiger partial charge in [-0.3, -0.25) is 4.79 Å². The molecule has 0 aromatic heterocycles. The average molecular weight is 311 g/mol. The number of para-hydroxylation sites is 1. The van der Waals surface area contributed by atoms with Crippen LogP contribution in [0.25, 0.3) is 0 Å². The van der Waals surface area contributed by atoms with Crippen molar-refractivity contribution < 1.29 is 9.53 Å². The molecule has 0 spiro atoms. The van der Waals surface area contributed by atoms with Crippen LogP contribution in [0.2, 0.25) is 0 Å². The van der Waals surface area contributed by atoms with Crippen LogP contribution >= 0.6 is 0 Å². The molecule has 122 valence electrons. The fourth-order valence-electron chi connectivity index (χ4n) is 2.63. The molecule has 1 atom stereocenters. The van der Waals surface area contributed by atoms with Crippen molar-refractivity contribution in [2.45, 2.75) is 39.7 Å². The van der Waals surface area contributed by atoms with E-state index in [1.165, 1.54) is 16.7 Å². The van der Waals surface area contributed by atoms with Gasteiger partial charge in [-0.2, -0.15) is 0 Å². The van der Waals surface area contributed by atoms with Crippen LogP contribution in [0.15, 0.2) is 42.5 Å². The van der Waals surface area contributed by atoms with Crippen LogP contribution in [0.1, 0.15) is 41.6 Å². The Morgan fingerprint density at radius 3 is 2.57 bits per heavy atom. The molecule has 2 aromatic carbocycles. The first-order valence-corrected chi connectivity index (χ1v) is 7.99. The molecular weight excluding hydrogens is 286 g/mol. The van der Waals surface area contributed by atoms with Crippen molar-refractivity contribution in [3.8, 4) is 5.75 Å². The molecule has 0 radical (unpaired) electrons. The number of carbonyl (C=O) groups is 1. The first-order valence-electron chi connectivity index (χ1n) is 7.99. The Morgan fingerprint density at radius 1 is 1.13 bits per heavy atom. The van der Waals surface area contributed by atoms with Gasteiger partial charge in [-0.15, -0.1) is 0 Å². The van der Waals surface area contributed by atoms with E-state index >= 15 is 0 Å². The maximum absolute atomic E-state index is 12.2. The number of aryl methyl sites for hydroxylation is 3. The number of nitrogens with one attached hydrogen (secondary N) is 1. The van der Waals surface area contributed by atoms with Gasteiger partial charge in [0, 0.05) is 12.0 Å². The molecule has 23 heavy (non-hydrogen) atoms. The number of hydrogen-bond acceptors (Lipinski definition) is 2. The van der Waals surface area contributed by atoms with E-state index < -0.39 is 0 Å². The number of benzene rings is 2. The number of rotatable bonds is 6. The van der Waals surface area contributed by atoms with Crippen molar-refractivity contribution in [3.05, 3.63) is 64.7 Å². The highest BCUT2D eigenvalue weighted by atomic mass is 16.5. The van der Waals surface area contributed by atoms with E-state index in [0.717, 1.165) is 17.7 Å². The smallest absolute Gasteiger partial charge is 0.220 e. The van der Waals surface area contributed by atoms with E-state index in [1.807, 2.05) is 31.2 Å². The van der Waals surface area contributed by atoms with Crippen molar-refractivity contribution in [2.24, 2.45) is 0 Å². The van der Waals surface area contributed by atoms with Crippen molar-refractivity contribution in [3.63, 3.8) is 0 Å². The Morgan fingerprint density at radius 2 is 1.87 bits per heavy atom. The third-order valence-electron chi connectivity index (χ3n) is 4.19. The summed E-state index contributed by atoms with van der Waals surface area (Å²) in [6.45, 7) is 6.18. The summed E-state index contributed by atoms with van der Waals surface area (Å²) in [5, 5.41) is 3.05. The Balaban J connectivity index is 1.92. The van der Waals surface area contributed by atoms with Crippen molar-refractivity contribution >= 4 is 5.91 Å². The fourth-order valence-corrected chi connectivity index (χ4v) is 2.63. The second kappa shape index (κ2) is 7.82. The predicted octanol–water partition coefficient (Wildman–Crippen LogP) is 4.12. The normalized spacial score (nSPS) is 11.8. The molecule has 2 aromatic rings. The lowest BCUT2D eigenvalue weighted by molar-refractivity contribution is -0.121. The summed E-state index contributed by atoms with van der Waals surface area (Å²) < 4.78 is 5.35. The van der Waals surface area contributed by atoms with Gasteiger partial charge in [-0.25, -0.2) is 0 Å². The fraction of sp³-hybridized carbons (Fsp3) is 0.350. The summed E-state index contributed by atoms with van der Waals surface area (Å²) in [5.74, 6) is 0.857. The molecule has 0 heterocycles. The van der Waals surface area contributed by atoms with Gasteiger partial charge in [0.25, 0.3) is 0 Å². The molecule has 0 saturated carbocycles. The molecule has 0 bridgehead atoms. The molecule has 0 fully saturated rings. The molecule has 3 nitrogen and oxygen atoms in total. The second-order valence-corrected chi connectivity index (χ2v) is 5.95. The lowest BCUT2D eigenvalue weighted by Crippen LogP contribution is -2.27. The largest absolute Gasteiger partial charge is 0.496 e. The van der Waals surface area contributed by atoms with Crippen LogP contribution in [-0.2, 0) is 11.2 Å². The van der Waals surface area contributed by atoms with Gasteiger partial charge in [0.15, 0.2) is 0 Å². The summed E-state index contributed by atoms with van der Waals surface area (Å²) in [5.41, 5.74) is 4.75. The molecule has 3 heteroatoms. The molecule has 0 aliphatic rings. The number of carbonyl (C=O) groups excluding carboxylic acids is 1. The monoisotopic (exact) mass is 311 g/mol. The topological polar surface area (TPSA) is 38.3 Å². The van der Waals surface area contributed by atoms with E-state index in [9.17, 15) is 4.79 Å². The van der Waals surface area contributed by atoms with E-state index in [1.54, 1.807) is 7.11 Å². The van der Waals surface area contributed by atoms with Crippen LogP contribution in [0, 0.1) is 13.8 Å². The van der Waals surface area contributed by atoms with Crippen molar-refractivity contribution in [2.75, 3.05) is 7.11 Å². The predicted molar refractivity (Wildman–Crippen MR) is 93.8 cm³/mol. The van der Waals surface area contributed by atoms with Gasteiger partial charge in [0.1, 0.15) is 5.75 Å². The highest BCUT2D eigenvalue weighted by Gasteiger charge is 2.13. The standard InChI is InChI=1S/C20H25NO2/c1-14-9-10-17(13-15(14)2)11-12-20(22)21-16(3)18-7-5-6-8-19(18)23-4/h5-10,13,16H,11-12H2,1-4H3,(H,21,22). The van der Waals surface area contributed by atoms with Crippen LogP contribution < -0.4 is 10.1 Å². The average Bonchev–Trinajstić information content (AvgIpc) is 2.55. The molecule has 1 amide bonds. The first kappa shape index (κ1) is 17.1. The van der Waals surface area contributed by atoms with Crippen molar-refractivity contribution in [1.82, 2.24) is 5.32 Å². The minimum atomic E-state index is -0.0709. The molecule has 0 aliphatic carbocycles. The SMILES string of the molecule is COc1ccccc1C(C)NC(=O)CCc1ccc(C)c(C)c1. The number of ether oxygens (including phenoxy) is 1. The van der Waals surface area contributed by atoms with Gasteiger partial charge in [-0.1, -0.05) is 36.4 Å². The van der Waals surface area contributed by atoms with E-state index in [2.05, 4.69) is 37.4 Å². The summed E-state index contributed by atoms with van der Waals surface area (Å²) >= 11 is 0. The third kappa shape index (κ3) is 4.59. The quantitative estimate of drug-likeness (QED) is 0.871. The maximum atomic E-state index is 12.2. The van der Waals surface area contributed by atoms with Crippen LogP contribution in [0.3, 0.4) is 0 Å². The second-order valence-electron chi connectivity index (χ2n) is 5.95. The van der Waals surface area contributed by atoms with Crippen LogP contribution in [-0.4, -0.2) is 13.0 Å². The Hall–Kier alpha value is -2.29. The van der Waals surface area contributed by atoms with Crippen molar-refractivity contribution in [1.29, 1.82) is 0 Å². The van der Waals surface area contributed by atoms with Gasteiger partial charge >= 0.3 is 0 Å². The summed E-state index contributed by atoms with van der Waals surface area (Å²) in [6.07, 6.45) is 1.24. The minimum absolute atomic E-state index is 0.0571. The van der Waals surface area contributed by atoms with Gasteiger partial charge in [0.2, 0.25) is 5.91 Å². The lowest BCUT2D eigenvalue weighted by atomic mass is 10.0. The lowest BCUT2D eigenvalue weighted by Gasteiger charge is -2.17. The Bertz CT molecular complexity index is 679. The molecule has 1 unspecified atom stereocenters.